The van der Waals surface area contributed by atoms with Crippen LogP contribution in [0.3, 0.4) is 0 Å². The number of amides is 1. The van der Waals surface area contributed by atoms with E-state index in [0.29, 0.717) is 6.42 Å². The fraction of sp³-hybridized carbons (Fsp3) is 0.444. The predicted molar refractivity (Wildman–Crippen MR) is 99.7 cm³/mol. The van der Waals surface area contributed by atoms with Crippen molar-refractivity contribution in [1.29, 1.82) is 0 Å². The van der Waals surface area contributed by atoms with E-state index in [1.54, 1.807) is 27.7 Å². The molecular formula is C18H21N3OS2. The summed E-state index contributed by atoms with van der Waals surface area (Å²) in [7, 11) is 0. The van der Waals surface area contributed by atoms with Crippen LogP contribution in [0.5, 0.6) is 0 Å². The number of carbonyl (C=O) groups is 1. The van der Waals surface area contributed by atoms with E-state index in [0.717, 1.165) is 31.8 Å². The van der Waals surface area contributed by atoms with Gasteiger partial charge in [-0.25, -0.2) is 5.01 Å². The lowest BCUT2D eigenvalue weighted by molar-refractivity contribution is -0.133. The Bertz CT molecular complexity index is 703. The lowest BCUT2D eigenvalue weighted by Crippen LogP contribution is -2.31. The van der Waals surface area contributed by atoms with Crippen LogP contribution in [0.2, 0.25) is 0 Å². The molecule has 1 saturated heterocycles. The standard InChI is InChI=1S/C18H21N3OS2/c22-18(7-10-20-8-1-2-9-20)21-15(17-6-4-12-24-17)13-14(19-21)16-5-3-11-23-16/h3-6,11-12,15H,1-2,7-10,13H2/t15-/m0/s1. The number of hydrazone groups is 1. The Morgan fingerprint density at radius 3 is 2.67 bits per heavy atom. The van der Waals surface area contributed by atoms with E-state index in [1.807, 2.05) is 6.07 Å². The Kier molecular flexibility index (Phi) is 4.78. The maximum atomic E-state index is 12.8. The second-order valence-electron chi connectivity index (χ2n) is 6.30. The summed E-state index contributed by atoms with van der Waals surface area (Å²) in [5.74, 6) is 0.145. The minimum Gasteiger partial charge on any atom is -0.303 e. The largest absolute Gasteiger partial charge is 0.303 e. The van der Waals surface area contributed by atoms with Crippen molar-refractivity contribution in [3.05, 3.63) is 44.8 Å². The Balaban J connectivity index is 1.50. The average molecular weight is 360 g/mol. The van der Waals surface area contributed by atoms with Gasteiger partial charge >= 0.3 is 0 Å². The third-order valence-electron chi connectivity index (χ3n) is 4.68. The van der Waals surface area contributed by atoms with Gasteiger partial charge in [-0.2, -0.15) is 5.10 Å². The summed E-state index contributed by atoms with van der Waals surface area (Å²) in [6, 6.07) is 8.36. The summed E-state index contributed by atoms with van der Waals surface area (Å²) in [4.78, 5) is 17.6. The maximum absolute atomic E-state index is 12.8. The summed E-state index contributed by atoms with van der Waals surface area (Å²) in [6.45, 7) is 3.12. The molecule has 1 fully saturated rings. The Hall–Kier alpha value is -1.50. The van der Waals surface area contributed by atoms with Gasteiger partial charge in [0.1, 0.15) is 0 Å². The molecule has 0 unspecified atom stereocenters. The number of hydrogen-bond donors (Lipinski definition) is 0. The third-order valence-corrected chi connectivity index (χ3v) is 6.58. The molecule has 2 aromatic rings. The Morgan fingerprint density at radius 2 is 1.96 bits per heavy atom. The SMILES string of the molecule is O=C(CCN1CCCC1)N1N=C(c2cccs2)C[C@H]1c1cccs1. The first kappa shape index (κ1) is 16.0. The van der Waals surface area contributed by atoms with Crippen LogP contribution in [0, 0.1) is 0 Å². The van der Waals surface area contributed by atoms with Gasteiger partial charge in [-0.05, 0) is 48.8 Å². The van der Waals surface area contributed by atoms with Crippen molar-refractivity contribution in [3.63, 3.8) is 0 Å². The number of rotatable bonds is 5. The van der Waals surface area contributed by atoms with Gasteiger partial charge < -0.3 is 4.90 Å². The van der Waals surface area contributed by atoms with Crippen LogP contribution in [0.15, 0.2) is 40.1 Å². The van der Waals surface area contributed by atoms with Gasteiger partial charge in [0.2, 0.25) is 5.91 Å². The number of hydrogen-bond acceptors (Lipinski definition) is 5. The number of thiophene rings is 2. The molecule has 4 nitrogen and oxygen atoms in total. The summed E-state index contributed by atoms with van der Waals surface area (Å²) in [5, 5.41) is 10.6. The van der Waals surface area contributed by atoms with E-state index >= 15 is 0 Å². The lowest BCUT2D eigenvalue weighted by atomic mass is 10.1. The monoisotopic (exact) mass is 359 g/mol. The lowest BCUT2D eigenvalue weighted by Gasteiger charge is -2.22. The minimum atomic E-state index is 0.0631. The quantitative estimate of drug-likeness (QED) is 0.810. The number of nitrogens with zero attached hydrogens (tertiary/aromatic N) is 3. The molecule has 4 heterocycles. The van der Waals surface area contributed by atoms with E-state index in [2.05, 4.69) is 33.9 Å². The van der Waals surface area contributed by atoms with E-state index in [1.165, 1.54) is 22.6 Å². The van der Waals surface area contributed by atoms with Crippen LogP contribution < -0.4 is 0 Å². The molecule has 6 heteroatoms. The van der Waals surface area contributed by atoms with Crippen molar-refractivity contribution in [2.75, 3.05) is 19.6 Å². The first-order valence-corrected chi connectivity index (χ1v) is 10.3. The highest BCUT2D eigenvalue weighted by Gasteiger charge is 2.34. The summed E-state index contributed by atoms with van der Waals surface area (Å²) >= 11 is 3.40. The molecule has 2 aliphatic heterocycles. The molecule has 0 N–H and O–H groups in total. The highest BCUT2D eigenvalue weighted by Crippen LogP contribution is 2.36. The second-order valence-corrected chi connectivity index (χ2v) is 8.22. The highest BCUT2D eigenvalue weighted by molar-refractivity contribution is 7.12. The van der Waals surface area contributed by atoms with Crippen LogP contribution in [0.4, 0.5) is 0 Å². The fourth-order valence-electron chi connectivity index (χ4n) is 3.41. The second kappa shape index (κ2) is 7.17. The van der Waals surface area contributed by atoms with Crippen molar-refractivity contribution in [2.24, 2.45) is 5.10 Å². The van der Waals surface area contributed by atoms with E-state index in [9.17, 15) is 4.79 Å². The van der Waals surface area contributed by atoms with Gasteiger partial charge in [0.15, 0.2) is 0 Å². The Labute approximate surface area is 150 Å². The van der Waals surface area contributed by atoms with Crippen molar-refractivity contribution in [1.82, 2.24) is 9.91 Å². The molecule has 0 bridgehead atoms. The maximum Gasteiger partial charge on any atom is 0.244 e. The summed E-state index contributed by atoms with van der Waals surface area (Å²) < 4.78 is 0. The topological polar surface area (TPSA) is 35.9 Å². The third kappa shape index (κ3) is 3.31. The van der Waals surface area contributed by atoms with E-state index in [4.69, 9.17) is 5.10 Å². The molecule has 24 heavy (non-hydrogen) atoms. The molecule has 2 aliphatic rings. The van der Waals surface area contributed by atoms with Crippen molar-refractivity contribution < 1.29 is 4.79 Å². The van der Waals surface area contributed by atoms with Gasteiger partial charge in [-0.15, -0.1) is 22.7 Å². The molecular weight excluding hydrogens is 338 g/mol. The van der Waals surface area contributed by atoms with E-state index < -0.39 is 0 Å². The molecule has 0 aromatic carbocycles. The van der Waals surface area contributed by atoms with Crippen LogP contribution in [0.25, 0.3) is 0 Å². The fourth-order valence-corrected chi connectivity index (χ4v) is 4.94. The average Bonchev–Trinajstić information content (AvgIpc) is 3.40. The van der Waals surface area contributed by atoms with Gasteiger partial charge in [-0.1, -0.05) is 12.1 Å². The molecule has 1 amide bonds. The molecule has 0 aliphatic carbocycles. The molecule has 126 valence electrons. The van der Waals surface area contributed by atoms with Crippen LogP contribution in [0.1, 0.15) is 41.5 Å². The zero-order valence-electron chi connectivity index (χ0n) is 13.6. The number of carbonyl (C=O) groups excluding carboxylic acids is 1. The van der Waals surface area contributed by atoms with Crippen LogP contribution in [-0.2, 0) is 4.79 Å². The van der Waals surface area contributed by atoms with Crippen molar-refractivity contribution >= 4 is 34.3 Å². The molecule has 4 rings (SSSR count). The Morgan fingerprint density at radius 1 is 1.17 bits per heavy atom. The number of likely N-dealkylation sites (tertiary alicyclic amines) is 1. The molecule has 2 aromatic heterocycles. The highest BCUT2D eigenvalue weighted by atomic mass is 32.1. The van der Waals surface area contributed by atoms with Gasteiger partial charge in [0.05, 0.1) is 16.6 Å². The summed E-state index contributed by atoms with van der Waals surface area (Å²) in [6.07, 6.45) is 3.90. The minimum absolute atomic E-state index is 0.0631. The van der Waals surface area contributed by atoms with Crippen molar-refractivity contribution in [3.8, 4) is 0 Å². The summed E-state index contributed by atoms with van der Waals surface area (Å²) in [5.41, 5.74) is 1.04. The van der Waals surface area contributed by atoms with Crippen molar-refractivity contribution in [2.45, 2.75) is 31.7 Å². The van der Waals surface area contributed by atoms with Gasteiger partial charge in [-0.3, -0.25) is 4.79 Å². The van der Waals surface area contributed by atoms with Gasteiger partial charge in [0.25, 0.3) is 0 Å². The smallest absolute Gasteiger partial charge is 0.244 e. The predicted octanol–water partition coefficient (Wildman–Crippen LogP) is 3.97. The van der Waals surface area contributed by atoms with Crippen LogP contribution >= 0.6 is 22.7 Å². The first-order chi connectivity index (χ1) is 11.8. The first-order valence-electron chi connectivity index (χ1n) is 8.50. The molecule has 0 radical (unpaired) electrons. The van der Waals surface area contributed by atoms with Crippen LogP contribution in [-0.4, -0.2) is 41.2 Å². The normalized spacial score (nSPS) is 21.4. The zero-order valence-corrected chi connectivity index (χ0v) is 15.2. The zero-order chi connectivity index (χ0) is 16.4. The molecule has 1 atom stereocenters. The van der Waals surface area contributed by atoms with E-state index in [-0.39, 0.29) is 11.9 Å². The molecule has 0 spiro atoms. The molecule has 0 saturated carbocycles. The van der Waals surface area contributed by atoms with Gasteiger partial charge in [0, 0.05) is 24.3 Å².